The van der Waals surface area contributed by atoms with Gasteiger partial charge in [0.2, 0.25) is 5.88 Å². The van der Waals surface area contributed by atoms with E-state index in [0.717, 1.165) is 16.5 Å². The van der Waals surface area contributed by atoms with Crippen molar-refractivity contribution in [1.29, 1.82) is 0 Å². The summed E-state index contributed by atoms with van der Waals surface area (Å²) in [4.78, 5) is 8.34. The van der Waals surface area contributed by atoms with E-state index in [1.807, 2.05) is 48.5 Å². The predicted octanol–water partition coefficient (Wildman–Crippen LogP) is 3.01. The molecule has 0 saturated carbocycles. The molecule has 0 aliphatic rings. The smallest absolute Gasteiger partial charge is 0.214 e. The van der Waals surface area contributed by atoms with Gasteiger partial charge in [0, 0.05) is 17.6 Å². The maximum Gasteiger partial charge on any atom is 0.214 e. The molecule has 3 heteroatoms. The fourth-order valence-corrected chi connectivity index (χ4v) is 1.71. The summed E-state index contributed by atoms with van der Waals surface area (Å²) in [6.45, 7) is 0.417. The van der Waals surface area contributed by atoms with Gasteiger partial charge in [-0.25, -0.2) is 4.98 Å². The first-order chi connectivity index (χ1) is 8.92. The highest BCUT2D eigenvalue weighted by Crippen LogP contribution is 2.17. The quantitative estimate of drug-likeness (QED) is 0.700. The van der Waals surface area contributed by atoms with Gasteiger partial charge in [-0.15, -0.1) is 0 Å². The topological polar surface area (TPSA) is 35.0 Å². The molecule has 0 saturated heterocycles. The first-order valence-electron chi connectivity index (χ1n) is 5.72. The minimum Gasteiger partial charge on any atom is -0.471 e. The molecule has 0 bridgehead atoms. The molecular weight excluding hydrogens is 224 g/mol. The molecule has 0 atom stereocenters. The lowest BCUT2D eigenvalue weighted by atomic mass is 10.2. The molecule has 0 fully saturated rings. The Morgan fingerprint density at radius 3 is 2.83 bits per heavy atom. The van der Waals surface area contributed by atoms with Crippen molar-refractivity contribution in [2.24, 2.45) is 0 Å². The molecule has 3 nitrogen and oxygen atoms in total. The third-order valence-electron chi connectivity index (χ3n) is 2.62. The second kappa shape index (κ2) is 4.84. The normalized spacial score (nSPS) is 10.4. The van der Waals surface area contributed by atoms with E-state index < -0.39 is 0 Å². The molecule has 0 N–H and O–H groups in total. The fraction of sp³-hybridized carbons (Fsp3) is 0.0667. The van der Waals surface area contributed by atoms with Gasteiger partial charge >= 0.3 is 0 Å². The van der Waals surface area contributed by atoms with Crippen LogP contribution >= 0.6 is 0 Å². The van der Waals surface area contributed by atoms with Crippen molar-refractivity contribution in [3.05, 3.63) is 66.6 Å². The van der Waals surface area contributed by atoms with Crippen molar-refractivity contribution < 1.29 is 4.74 Å². The number of nitrogens with zero attached hydrogens (tertiary/aromatic N) is 2. The summed E-state index contributed by atoms with van der Waals surface area (Å²) >= 11 is 0. The van der Waals surface area contributed by atoms with Crippen LogP contribution in [0.1, 0.15) is 5.69 Å². The Kier molecular flexibility index (Phi) is 2.88. The van der Waals surface area contributed by atoms with E-state index in [0.29, 0.717) is 12.5 Å². The van der Waals surface area contributed by atoms with E-state index in [1.165, 1.54) is 0 Å². The van der Waals surface area contributed by atoms with Gasteiger partial charge < -0.3 is 4.74 Å². The van der Waals surface area contributed by atoms with Gasteiger partial charge in [0.1, 0.15) is 12.8 Å². The van der Waals surface area contributed by atoms with Crippen LogP contribution < -0.4 is 4.74 Å². The van der Waals surface area contributed by atoms with Crippen molar-refractivity contribution in [2.45, 2.75) is 6.61 Å². The molecule has 2 heterocycles. The molecule has 3 rings (SSSR count). The Morgan fingerprint density at radius 2 is 1.94 bits per heavy atom. The van der Waals surface area contributed by atoms with Crippen molar-refractivity contribution in [3.63, 3.8) is 0 Å². The lowest BCUT2D eigenvalue weighted by molar-refractivity contribution is 0.289. The SMILES string of the molecule is [c]1nc(OCc2ccccn2)cc2ccccc12. The first-order valence-corrected chi connectivity index (χ1v) is 5.72. The van der Waals surface area contributed by atoms with Crippen LogP contribution in [0.2, 0.25) is 0 Å². The Labute approximate surface area is 105 Å². The monoisotopic (exact) mass is 235 g/mol. The van der Waals surface area contributed by atoms with Crippen LogP contribution in [-0.2, 0) is 6.61 Å². The van der Waals surface area contributed by atoms with Gasteiger partial charge in [0.15, 0.2) is 0 Å². The number of pyridine rings is 2. The zero-order valence-electron chi connectivity index (χ0n) is 9.71. The van der Waals surface area contributed by atoms with E-state index in [9.17, 15) is 0 Å². The molecule has 0 aliphatic carbocycles. The molecule has 1 radical (unpaired) electrons. The molecule has 1 aromatic carbocycles. The molecule has 0 unspecified atom stereocenters. The summed E-state index contributed by atoms with van der Waals surface area (Å²) in [5.74, 6) is 0.569. The Bertz CT molecular complexity index is 653. The predicted molar refractivity (Wildman–Crippen MR) is 69.1 cm³/mol. The minimum absolute atomic E-state index is 0.417. The van der Waals surface area contributed by atoms with Gasteiger partial charge in [-0.2, -0.15) is 0 Å². The van der Waals surface area contributed by atoms with Crippen molar-refractivity contribution >= 4 is 10.8 Å². The third-order valence-corrected chi connectivity index (χ3v) is 2.62. The number of hydrogen-bond donors (Lipinski definition) is 0. The molecule has 18 heavy (non-hydrogen) atoms. The molecule has 2 aromatic heterocycles. The minimum atomic E-state index is 0.417. The zero-order valence-corrected chi connectivity index (χ0v) is 9.71. The second-order valence-electron chi connectivity index (χ2n) is 3.90. The van der Waals surface area contributed by atoms with Crippen molar-refractivity contribution in [2.75, 3.05) is 0 Å². The van der Waals surface area contributed by atoms with Crippen LogP contribution in [0.25, 0.3) is 10.8 Å². The first kappa shape index (κ1) is 10.7. The van der Waals surface area contributed by atoms with Crippen LogP contribution in [0.5, 0.6) is 5.88 Å². The average Bonchev–Trinajstić information content (AvgIpc) is 2.46. The van der Waals surface area contributed by atoms with Gasteiger partial charge in [-0.05, 0) is 17.5 Å². The van der Waals surface area contributed by atoms with E-state index in [4.69, 9.17) is 4.74 Å². The van der Waals surface area contributed by atoms with Gasteiger partial charge in [-0.3, -0.25) is 4.98 Å². The summed E-state index contributed by atoms with van der Waals surface area (Å²) < 4.78 is 5.60. The Balaban J connectivity index is 1.79. The lowest BCUT2D eigenvalue weighted by Crippen LogP contribution is -1.98. The van der Waals surface area contributed by atoms with Crippen molar-refractivity contribution in [3.8, 4) is 5.88 Å². The van der Waals surface area contributed by atoms with Crippen LogP contribution in [0, 0.1) is 6.20 Å². The van der Waals surface area contributed by atoms with E-state index in [-0.39, 0.29) is 0 Å². The summed E-state index contributed by atoms with van der Waals surface area (Å²) in [6, 6.07) is 15.6. The molecular formula is C15H11N2O. The van der Waals surface area contributed by atoms with E-state index in [2.05, 4.69) is 16.2 Å². The Morgan fingerprint density at radius 1 is 1.06 bits per heavy atom. The molecule has 0 amide bonds. The van der Waals surface area contributed by atoms with E-state index in [1.54, 1.807) is 6.20 Å². The second-order valence-corrected chi connectivity index (χ2v) is 3.90. The van der Waals surface area contributed by atoms with E-state index >= 15 is 0 Å². The Hall–Kier alpha value is -2.42. The average molecular weight is 235 g/mol. The standard InChI is InChI=1S/C15H11N2O/c1-2-6-13-10-17-15(9-12(13)5-1)18-11-14-7-3-4-8-16-14/h1-9H,11H2. The maximum absolute atomic E-state index is 5.60. The summed E-state index contributed by atoms with van der Waals surface area (Å²) in [6.07, 6.45) is 4.71. The highest BCUT2D eigenvalue weighted by molar-refractivity contribution is 5.81. The van der Waals surface area contributed by atoms with Crippen LogP contribution in [0.15, 0.2) is 54.7 Å². The number of ether oxygens (including phenoxy) is 1. The van der Waals surface area contributed by atoms with Crippen LogP contribution in [0.3, 0.4) is 0 Å². The maximum atomic E-state index is 5.60. The number of hydrogen-bond acceptors (Lipinski definition) is 3. The number of fused-ring (bicyclic) bond motifs is 1. The zero-order chi connectivity index (χ0) is 12.2. The summed E-state index contributed by atoms with van der Waals surface area (Å²) in [7, 11) is 0. The highest BCUT2D eigenvalue weighted by Gasteiger charge is 2.00. The summed E-state index contributed by atoms with van der Waals surface area (Å²) in [5, 5.41) is 2.06. The van der Waals surface area contributed by atoms with Crippen molar-refractivity contribution in [1.82, 2.24) is 9.97 Å². The number of benzene rings is 1. The molecule has 0 aliphatic heterocycles. The van der Waals surface area contributed by atoms with Gasteiger partial charge in [-0.1, -0.05) is 30.3 Å². The van der Waals surface area contributed by atoms with Gasteiger partial charge in [0.05, 0.1) is 5.69 Å². The van der Waals surface area contributed by atoms with Crippen LogP contribution in [0.4, 0.5) is 0 Å². The van der Waals surface area contributed by atoms with Gasteiger partial charge in [0.25, 0.3) is 0 Å². The fourth-order valence-electron chi connectivity index (χ4n) is 1.71. The summed E-state index contributed by atoms with van der Waals surface area (Å²) in [5.41, 5.74) is 0.882. The molecule has 87 valence electrons. The molecule has 0 spiro atoms. The number of rotatable bonds is 3. The number of aromatic nitrogens is 2. The lowest BCUT2D eigenvalue weighted by Gasteiger charge is -2.05. The third kappa shape index (κ3) is 2.30. The largest absolute Gasteiger partial charge is 0.471 e. The molecule has 3 aromatic rings. The highest BCUT2D eigenvalue weighted by atomic mass is 16.5. The van der Waals surface area contributed by atoms with Crippen LogP contribution in [-0.4, -0.2) is 9.97 Å².